The molecule has 0 aliphatic rings. The van der Waals surface area contributed by atoms with Gasteiger partial charge in [0, 0.05) is 10.6 Å². The Morgan fingerprint density at radius 1 is 1.03 bits per heavy atom. The van der Waals surface area contributed by atoms with Gasteiger partial charge in [-0.05, 0) is 60.7 Å². The van der Waals surface area contributed by atoms with Crippen LogP contribution in [0.25, 0.3) is 11.0 Å². The second-order valence-corrected chi connectivity index (χ2v) is 9.49. The molecule has 2 amide bonds. The highest BCUT2D eigenvalue weighted by Crippen LogP contribution is 2.30. The molecule has 1 N–H and O–H groups in total. The Morgan fingerprint density at radius 3 is 2.56 bits per heavy atom. The number of nitrogens with zero attached hydrogens (tertiary/aromatic N) is 4. The molecule has 182 valence electrons. The fourth-order valence-electron chi connectivity index (χ4n) is 4.22. The maximum Gasteiger partial charge on any atom is 0.252 e. The Bertz CT molecular complexity index is 1470. The zero-order valence-corrected chi connectivity index (χ0v) is 20.7. The van der Waals surface area contributed by atoms with Crippen molar-refractivity contribution in [2.45, 2.75) is 33.0 Å². The summed E-state index contributed by atoms with van der Waals surface area (Å²) in [5.74, 6) is 0.00328. The molecule has 5 aromatic rings. The van der Waals surface area contributed by atoms with Gasteiger partial charge in [-0.3, -0.25) is 9.59 Å². The number of anilines is 1. The van der Waals surface area contributed by atoms with Crippen LogP contribution in [0.2, 0.25) is 0 Å². The number of aromatic nitrogens is 3. The maximum atomic E-state index is 13.8. The molecule has 0 bridgehead atoms. The summed E-state index contributed by atoms with van der Waals surface area (Å²) in [5.41, 5.74) is 4.09. The third-order valence-electron chi connectivity index (χ3n) is 6.03. The number of carbonyl (C=O) groups is 2. The van der Waals surface area contributed by atoms with Gasteiger partial charge >= 0.3 is 0 Å². The molecule has 0 fully saturated rings. The molecule has 3 heterocycles. The first kappa shape index (κ1) is 23.5. The number of thiophene rings is 1. The Kier molecular flexibility index (Phi) is 6.64. The molecule has 1 atom stereocenters. The molecular formula is C27H25N5O3S. The van der Waals surface area contributed by atoms with Crippen molar-refractivity contribution in [1.82, 2.24) is 19.9 Å². The molecule has 9 heteroatoms. The third-order valence-corrected chi connectivity index (χ3v) is 6.96. The summed E-state index contributed by atoms with van der Waals surface area (Å²) in [6, 6.07) is 19.7. The van der Waals surface area contributed by atoms with Gasteiger partial charge in [-0.25, -0.2) is 4.68 Å². The monoisotopic (exact) mass is 499 g/mol. The number of fused-ring (bicyclic) bond motifs is 1. The van der Waals surface area contributed by atoms with Gasteiger partial charge in [-0.1, -0.05) is 41.6 Å². The van der Waals surface area contributed by atoms with E-state index in [0.717, 1.165) is 27.2 Å². The molecule has 3 aromatic heterocycles. The number of amides is 2. The molecular weight excluding hydrogens is 474 g/mol. The second-order valence-electron chi connectivity index (χ2n) is 8.51. The maximum absolute atomic E-state index is 13.8. The van der Waals surface area contributed by atoms with Crippen LogP contribution in [0.1, 0.15) is 27.8 Å². The number of furan rings is 1. The molecule has 0 saturated carbocycles. The quantitative estimate of drug-likeness (QED) is 0.320. The highest BCUT2D eigenvalue weighted by Gasteiger charge is 2.34. The first-order chi connectivity index (χ1) is 17.5. The lowest BCUT2D eigenvalue weighted by Crippen LogP contribution is -2.42. The predicted molar refractivity (Wildman–Crippen MR) is 138 cm³/mol. The van der Waals surface area contributed by atoms with Crippen molar-refractivity contribution in [2.75, 3.05) is 5.32 Å². The zero-order valence-electron chi connectivity index (χ0n) is 19.9. The van der Waals surface area contributed by atoms with E-state index in [9.17, 15) is 9.59 Å². The lowest BCUT2D eigenvalue weighted by atomic mass is 10.1. The minimum Gasteiger partial charge on any atom is -0.467 e. The van der Waals surface area contributed by atoms with Gasteiger partial charge in [0.2, 0.25) is 5.91 Å². The average Bonchev–Trinajstić information content (AvgIpc) is 3.64. The molecule has 0 spiro atoms. The van der Waals surface area contributed by atoms with Crippen molar-refractivity contribution in [3.05, 3.63) is 100 Å². The molecule has 0 aliphatic carbocycles. The van der Waals surface area contributed by atoms with Gasteiger partial charge in [0.05, 0.1) is 18.3 Å². The van der Waals surface area contributed by atoms with Crippen molar-refractivity contribution in [1.29, 1.82) is 0 Å². The Morgan fingerprint density at radius 2 is 1.83 bits per heavy atom. The molecule has 0 radical (unpaired) electrons. The summed E-state index contributed by atoms with van der Waals surface area (Å²) >= 11 is 1.43. The number of aryl methyl sites for hydroxylation is 2. The summed E-state index contributed by atoms with van der Waals surface area (Å²) in [7, 11) is 0. The summed E-state index contributed by atoms with van der Waals surface area (Å²) in [4.78, 5) is 30.0. The van der Waals surface area contributed by atoms with Crippen molar-refractivity contribution in [3.8, 4) is 0 Å². The second kappa shape index (κ2) is 10.2. The van der Waals surface area contributed by atoms with Crippen LogP contribution in [-0.4, -0.2) is 31.7 Å². The Balaban J connectivity index is 1.52. The summed E-state index contributed by atoms with van der Waals surface area (Å²) in [6.45, 7) is 3.95. The van der Waals surface area contributed by atoms with E-state index in [-0.39, 0.29) is 24.9 Å². The van der Waals surface area contributed by atoms with Crippen molar-refractivity contribution >= 4 is 39.9 Å². The van der Waals surface area contributed by atoms with Crippen molar-refractivity contribution in [2.24, 2.45) is 0 Å². The van der Waals surface area contributed by atoms with Crippen LogP contribution < -0.4 is 5.32 Å². The summed E-state index contributed by atoms with van der Waals surface area (Å²) in [6.07, 6.45) is 1.56. The van der Waals surface area contributed by atoms with Gasteiger partial charge in [-0.2, -0.15) is 0 Å². The predicted octanol–water partition coefficient (Wildman–Crippen LogP) is 5.11. The van der Waals surface area contributed by atoms with E-state index >= 15 is 0 Å². The molecule has 5 rings (SSSR count). The highest BCUT2D eigenvalue weighted by atomic mass is 32.1. The summed E-state index contributed by atoms with van der Waals surface area (Å²) < 4.78 is 7.12. The third kappa shape index (κ3) is 4.78. The van der Waals surface area contributed by atoms with Crippen LogP contribution in [0.3, 0.4) is 0 Å². The number of benzene rings is 2. The van der Waals surface area contributed by atoms with E-state index in [1.54, 1.807) is 28.0 Å². The van der Waals surface area contributed by atoms with Crippen molar-refractivity contribution in [3.63, 3.8) is 0 Å². The van der Waals surface area contributed by atoms with E-state index in [2.05, 4.69) is 15.6 Å². The van der Waals surface area contributed by atoms with Crippen LogP contribution in [-0.2, 0) is 22.7 Å². The van der Waals surface area contributed by atoms with Gasteiger partial charge in [0.15, 0.2) is 0 Å². The zero-order chi connectivity index (χ0) is 25.1. The molecule has 0 saturated heterocycles. The van der Waals surface area contributed by atoms with E-state index in [1.165, 1.54) is 11.3 Å². The number of carbonyl (C=O) groups excluding carboxylic acids is 2. The molecule has 0 unspecified atom stereocenters. The first-order valence-electron chi connectivity index (χ1n) is 11.5. The van der Waals surface area contributed by atoms with E-state index < -0.39 is 6.04 Å². The lowest BCUT2D eigenvalue weighted by Gasteiger charge is -2.30. The van der Waals surface area contributed by atoms with Crippen LogP contribution in [0.4, 0.5) is 5.69 Å². The standard InChI is InChI=1S/C27H25N5O3S/c1-18-8-5-9-19(2)25(18)28-27(34)26(23-13-7-15-36-23)31(16-20-10-6-14-35-20)24(33)17-32-22-12-4-3-11-21(22)29-30-32/h3-15,26H,16-17H2,1-2H3,(H,28,34)/t26-/m1/s1. The Labute approximate surface area is 212 Å². The summed E-state index contributed by atoms with van der Waals surface area (Å²) in [5, 5.41) is 13.3. The van der Waals surface area contributed by atoms with Gasteiger partial charge in [-0.15, -0.1) is 16.4 Å². The van der Waals surface area contributed by atoms with Gasteiger partial charge in [0.25, 0.3) is 5.91 Å². The smallest absolute Gasteiger partial charge is 0.252 e. The molecule has 0 aliphatic heterocycles. The largest absolute Gasteiger partial charge is 0.467 e. The Hall–Kier alpha value is -4.24. The highest BCUT2D eigenvalue weighted by molar-refractivity contribution is 7.10. The van der Waals surface area contributed by atoms with E-state index in [0.29, 0.717) is 11.3 Å². The van der Waals surface area contributed by atoms with Crippen LogP contribution in [0.15, 0.2) is 82.8 Å². The molecule has 36 heavy (non-hydrogen) atoms. The molecule has 8 nitrogen and oxygen atoms in total. The number of nitrogens with one attached hydrogen (secondary N) is 1. The van der Waals surface area contributed by atoms with Crippen LogP contribution >= 0.6 is 11.3 Å². The van der Waals surface area contributed by atoms with Crippen LogP contribution in [0.5, 0.6) is 0 Å². The normalized spacial score (nSPS) is 11.9. The van der Waals surface area contributed by atoms with Crippen LogP contribution in [0, 0.1) is 13.8 Å². The fourth-order valence-corrected chi connectivity index (χ4v) is 5.06. The number of rotatable bonds is 8. The first-order valence-corrected chi connectivity index (χ1v) is 12.4. The van der Waals surface area contributed by atoms with E-state index in [4.69, 9.17) is 4.42 Å². The number of para-hydroxylation sites is 2. The number of hydrogen-bond acceptors (Lipinski definition) is 6. The topological polar surface area (TPSA) is 93.3 Å². The van der Waals surface area contributed by atoms with E-state index in [1.807, 2.05) is 73.8 Å². The SMILES string of the molecule is Cc1cccc(C)c1NC(=O)[C@@H](c1cccs1)N(Cc1ccco1)C(=O)Cn1nnc2ccccc21. The van der Waals surface area contributed by atoms with Gasteiger partial charge < -0.3 is 14.6 Å². The van der Waals surface area contributed by atoms with Crippen molar-refractivity contribution < 1.29 is 14.0 Å². The molecule has 2 aromatic carbocycles. The minimum absolute atomic E-state index is 0.0697. The fraction of sp³-hybridized carbons (Fsp3) is 0.185. The average molecular weight is 500 g/mol. The van der Waals surface area contributed by atoms with Gasteiger partial charge in [0.1, 0.15) is 23.9 Å². The lowest BCUT2D eigenvalue weighted by molar-refractivity contribution is -0.140. The minimum atomic E-state index is -0.864. The number of hydrogen-bond donors (Lipinski definition) is 1.